The van der Waals surface area contributed by atoms with Gasteiger partial charge in [-0.3, -0.25) is 0 Å². The van der Waals surface area contributed by atoms with Crippen LogP contribution in [0.2, 0.25) is 0 Å². The Morgan fingerprint density at radius 2 is 2.14 bits per heavy atom. The van der Waals surface area contributed by atoms with Gasteiger partial charge in [0.2, 0.25) is 5.76 Å². The zero-order valence-electron chi connectivity index (χ0n) is 12.2. The largest absolute Gasteiger partial charge is 0.496 e. The Kier molecular flexibility index (Phi) is 5.00. The molecular weight excluding hydrogens is 270 g/mol. The number of benzene rings is 1. The van der Waals surface area contributed by atoms with Crippen LogP contribution in [-0.4, -0.2) is 24.7 Å². The van der Waals surface area contributed by atoms with Crippen LogP contribution in [0, 0.1) is 6.92 Å². The van der Waals surface area contributed by atoms with Crippen molar-refractivity contribution in [2.24, 2.45) is 0 Å². The van der Waals surface area contributed by atoms with Crippen molar-refractivity contribution >= 4 is 5.97 Å². The van der Waals surface area contributed by atoms with Crippen molar-refractivity contribution in [2.75, 3.05) is 13.7 Å². The number of hydrogen-bond donors (Lipinski definition) is 2. The fourth-order valence-corrected chi connectivity index (χ4v) is 2.19. The summed E-state index contributed by atoms with van der Waals surface area (Å²) < 4.78 is 10.6. The number of aromatic carboxylic acids is 1. The van der Waals surface area contributed by atoms with Crippen LogP contribution in [0.25, 0.3) is 0 Å². The fraction of sp³-hybridized carbons (Fsp3) is 0.312. The highest BCUT2D eigenvalue weighted by Crippen LogP contribution is 2.17. The third-order valence-electron chi connectivity index (χ3n) is 3.23. The number of carboxylic acids is 1. The molecule has 1 aromatic heterocycles. The number of para-hydroxylation sites is 1. The van der Waals surface area contributed by atoms with Crippen LogP contribution in [0.4, 0.5) is 0 Å². The molecule has 2 aromatic rings. The highest BCUT2D eigenvalue weighted by atomic mass is 16.5. The van der Waals surface area contributed by atoms with Crippen molar-refractivity contribution < 1.29 is 19.1 Å². The van der Waals surface area contributed by atoms with Crippen LogP contribution in [0.5, 0.6) is 5.75 Å². The second-order valence-electron chi connectivity index (χ2n) is 4.77. The predicted molar refractivity (Wildman–Crippen MR) is 78.8 cm³/mol. The van der Waals surface area contributed by atoms with Crippen molar-refractivity contribution in [3.8, 4) is 5.75 Å². The highest BCUT2D eigenvalue weighted by Gasteiger charge is 2.13. The van der Waals surface area contributed by atoms with Crippen LogP contribution in [0.1, 0.15) is 27.4 Å². The van der Waals surface area contributed by atoms with Gasteiger partial charge in [-0.15, -0.1) is 0 Å². The maximum atomic E-state index is 10.9. The molecule has 5 nitrogen and oxygen atoms in total. The molecule has 0 aliphatic heterocycles. The molecule has 0 aliphatic rings. The van der Waals surface area contributed by atoms with Gasteiger partial charge in [-0.1, -0.05) is 18.2 Å². The third kappa shape index (κ3) is 3.86. The zero-order valence-corrected chi connectivity index (χ0v) is 12.2. The quantitative estimate of drug-likeness (QED) is 0.767. The molecule has 0 radical (unpaired) electrons. The number of furan rings is 1. The number of carboxylic acid groups (broad SMARTS) is 1. The van der Waals surface area contributed by atoms with Crippen molar-refractivity contribution in [1.29, 1.82) is 0 Å². The molecule has 1 heterocycles. The number of methoxy groups -OCH3 is 1. The number of hydrogen-bond acceptors (Lipinski definition) is 4. The molecule has 0 bridgehead atoms. The minimum absolute atomic E-state index is 0.0107. The van der Waals surface area contributed by atoms with E-state index in [1.807, 2.05) is 24.3 Å². The van der Waals surface area contributed by atoms with Gasteiger partial charge < -0.3 is 19.6 Å². The van der Waals surface area contributed by atoms with E-state index in [0.29, 0.717) is 17.9 Å². The smallest absolute Gasteiger partial charge is 0.372 e. The van der Waals surface area contributed by atoms with Crippen LogP contribution >= 0.6 is 0 Å². The van der Waals surface area contributed by atoms with Gasteiger partial charge in [0.15, 0.2) is 0 Å². The molecule has 112 valence electrons. The lowest BCUT2D eigenvalue weighted by molar-refractivity contribution is 0.0659. The zero-order chi connectivity index (χ0) is 15.2. The minimum atomic E-state index is -1.03. The second kappa shape index (κ2) is 6.95. The first-order chi connectivity index (χ1) is 10.1. The predicted octanol–water partition coefficient (Wildman–Crippen LogP) is 2.63. The molecule has 0 unspecified atom stereocenters. The van der Waals surface area contributed by atoms with Gasteiger partial charge in [0.1, 0.15) is 11.5 Å². The molecule has 0 fully saturated rings. The normalized spacial score (nSPS) is 10.6. The van der Waals surface area contributed by atoms with Crippen molar-refractivity contribution in [1.82, 2.24) is 5.32 Å². The second-order valence-corrected chi connectivity index (χ2v) is 4.77. The van der Waals surface area contributed by atoms with E-state index in [1.165, 1.54) is 0 Å². The van der Waals surface area contributed by atoms with Crippen molar-refractivity contribution in [3.63, 3.8) is 0 Å². The van der Waals surface area contributed by atoms with E-state index in [4.69, 9.17) is 14.3 Å². The molecule has 1 aromatic carbocycles. The molecular formula is C16H19NO4. The van der Waals surface area contributed by atoms with Crippen LogP contribution in [-0.2, 0) is 13.0 Å². The number of nitrogens with one attached hydrogen (secondary N) is 1. The first-order valence-corrected chi connectivity index (χ1v) is 6.77. The summed E-state index contributed by atoms with van der Waals surface area (Å²) in [5.74, 6) is 0.482. The minimum Gasteiger partial charge on any atom is -0.496 e. The van der Waals surface area contributed by atoms with Gasteiger partial charge in [-0.2, -0.15) is 0 Å². The van der Waals surface area contributed by atoms with E-state index in [9.17, 15) is 4.79 Å². The Morgan fingerprint density at radius 1 is 1.38 bits per heavy atom. The summed E-state index contributed by atoms with van der Waals surface area (Å²) in [5, 5.41) is 12.2. The van der Waals surface area contributed by atoms with Gasteiger partial charge in [0.25, 0.3) is 0 Å². The van der Waals surface area contributed by atoms with Gasteiger partial charge in [-0.25, -0.2) is 4.79 Å². The van der Waals surface area contributed by atoms with E-state index in [2.05, 4.69) is 5.32 Å². The molecule has 0 saturated carbocycles. The first kappa shape index (κ1) is 15.1. The Bertz CT molecular complexity index is 618. The Morgan fingerprint density at radius 3 is 2.81 bits per heavy atom. The van der Waals surface area contributed by atoms with Gasteiger partial charge >= 0.3 is 5.97 Å². The lowest BCUT2D eigenvalue weighted by Crippen LogP contribution is -2.16. The fourth-order valence-electron chi connectivity index (χ4n) is 2.19. The molecule has 0 atom stereocenters. The number of ether oxygens (including phenoxy) is 1. The summed E-state index contributed by atoms with van der Waals surface area (Å²) in [6, 6.07) is 9.63. The monoisotopic (exact) mass is 289 g/mol. The van der Waals surface area contributed by atoms with Gasteiger partial charge in [-0.05, 0) is 37.6 Å². The van der Waals surface area contributed by atoms with Gasteiger partial charge in [0.05, 0.1) is 13.7 Å². The van der Waals surface area contributed by atoms with E-state index >= 15 is 0 Å². The summed E-state index contributed by atoms with van der Waals surface area (Å²) in [4.78, 5) is 10.9. The summed E-state index contributed by atoms with van der Waals surface area (Å²) in [7, 11) is 1.66. The molecule has 5 heteroatoms. The summed E-state index contributed by atoms with van der Waals surface area (Å²) >= 11 is 0. The highest BCUT2D eigenvalue weighted by molar-refractivity contribution is 5.86. The molecule has 0 saturated heterocycles. The lowest BCUT2D eigenvalue weighted by Gasteiger charge is -2.08. The maximum Gasteiger partial charge on any atom is 0.372 e. The Balaban J connectivity index is 1.85. The standard InChI is InChI=1S/C16H19NO4/c1-11-9-13(21-15(11)16(18)19)10-17-8-7-12-5-3-4-6-14(12)20-2/h3-6,9,17H,7-8,10H2,1-2H3,(H,18,19). The topological polar surface area (TPSA) is 71.7 Å². The van der Waals surface area contributed by atoms with Crippen molar-refractivity contribution in [2.45, 2.75) is 19.9 Å². The molecule has 21 heavy (non-hydrogen) atoms. The number of aryl methyl sites for hydroxylation is 1. The van der Waals surface area contributed by atoms with E-state index in [-0.39, 0.29) is 5.76 Å². The summed E-state index contributed by atoms with van der Waals surface area (Å²) in [5.41, 5.74) is 1.78. The SMILES string of the molecule is COc1ccccc1CCNCc1cc(C)c(C(=O)O)o1. The molecule has 0 spiro atoms. The van der Waals surface area contributed by atoms with Crippen LogP contribution in [0.3, 0.4) is 0 Å². The van der Waals surface area contributed by atoms with E-state index < -0.39 is 5.97 Å². The Hall–Kier alpha value is -2.27. The van der Waals surface area contributed by atoms with E-state index in [0.717, 1.165) is 24.3 Å². The maximum absolute atomic E-state index is 10.9. The van der Waals surface area contributed by atoms with Crippen LogP contribution < -0.4 is 10.1 Å². The third-order valence-corrected chi connectivity index (χ3v) is 3.23. The average molecular weight is 289 g/mol. The van der Waals surface area contributed by atoms with E-state index in [1.54, 1.807) is 20.1 Å². The average Bonchev–Trinajstić information content (AvgIpc) is 2.85. The summed E-state index contributed by atoms with van der Waals surface area (Å²) in [6.45, 7) is 2.98. The van der Waals surface area contributed by atoms with Gasteiger partial charge in [0, 0.05) is 5.56 Å². The van der Waals surface area contributed by atoms with Crippen LogP contribution in [0.15, 0.2) is 34.7 Å². The molecule has 2 rings (SSSR count). The molecule has 0 aliphatic carbocycles. The summed E-state index contributed by atoms with van der Waals surface area (Å²) in [6.07, 6.45) is 0.829. The first-order valence-electron chi connectivity index (χ1n) is 6.77. The molecule has 2 N–H and O–H groups in total. The molecule has 0 amide bonds. The number of carbonyl (C=O) groups is 1. The van der Waals surface area contributed by atoms with Crippen molar-refractivity contribution in [3.05, 3.63) is 53.0 Å². The Labute approximate surface area is 123 Å². The number of rotatable bonds is 7. The lowest BCUT2D eigenvalue weighted by atomic mass is 10.1.